The predicted octanol–water partition coefficient (Wildman–Crippen LogP) is 22.8. The van der Waals surface area contributed by atoms with Crippen molar-refractivity contribution in [3.8, 4) is 39.3 Å². The van der Waals surface area contributed by atoms with Crippen LogP contribution in [0.4, 0.5) is 0 Å². The molecule has 2 N–H and O–H groups in total. The molecule has 0 bridgehead atoms. The fraction of sp³-hybridized carbons (Fsp3) is 0.0714. The van der Waals surface area contributed by atoms with Gasteiger partial charge < -0.3 is 33.0 Å². The number of hydrogen-bond acceptors (Lipinski definition) is 2. The SMILES string of the molecule is Brc1ccc2[nH]c3ccc(Br)cc3c2c1.CC1(C)OB(c2ccc3c(c2)c2ccccc2n3-c2ccccc2)OC1(C)C.c1ccc(-n2c3ccccc3c3cc(-c4ccc5[nH]c6ccc(-c7ccc8c(c7)c7ccccc7n8-c7ccccc7)cc6c5c4)ccc32)cc1. The van der Waals surface area contributed by atoms with Gasteiger partial charge in [0.05, 0.1) is 44.3 Å². The lowest BCUT2D eigenvalue weighted by Crippen LogP contribution is -2.41. The van der Waals surface area contributed by atoms with Crippen molar-refractivity contribution in [1.82, 2.24) is 23.7 Å². The Morgan fingerprint density at radius 2 is 0.564 bits per heavy atom. The van der Waals surface area contributed by atoms with Crippen LogP contribution in [0.15, 0.2) is 300 Å². The molecule has 1 aliphatic heterocycles. The lowest BCUT2D eigenvalue weighted by Gasteiger charge is -2.32. The average molecular weight is 1340 g/mol. The summed E-state index contributed by atoms with van der Waals surface area (Å²) in [5.74, 6) is 0. The standard InChI is InChI=1S/C48H31N3.C24H24BNO2.C12H7Br2N/c1-3-11-35(12-4-1)50-45-17-9-7-15-37(45)41-29-33(21-25-47(41)50)31-19-23-43-39(27-31)40-28-32(20-24-44(40)49-43)34-22-26-48-42(30-34)38-16-8-10-18-46(38)51(48)36-13-5-2-6-14-36;1-23(2)24(3,4)28-25(27-23)17-14-15-22-20(16-17)19-12-8-9-13-21(19)26(22)18-10-6-5-7-11-18;13-7-1-3-11-9(5-7)10-6-8(14)2-4-12(10)15-11/h1-30,49H;5-16H,1-4H3;1-6,15H. The molecule has 19 rings (SSSR count). The van der Waals surface area contributed by atoms with Crippen molar-refractivity contribution in [1.29, 1.82) is 0 Å². The summed E-state index contributed by atoms with van der Waals surface area (Å²) >= 11 is 6.99. The first-order valence-corrected chi connectivity index (χ1v) is 33.5. The highest BCUT2D eigenvalue weighted by molar-refractivity contribution is 9.10. The maximum Gasteiger partial charge on any atom is 0.494 e. The van der Waals surface area contributed by atoms with Crippen molar-refractivity contribution >= 4 is 153 Å². The Morgan fingerprint density at radius 1 is 0.277 bits per heavy atom. The zero-order valence-electron chi connectivity index (χ0n) is 52.2. The van der Waals surface area contributed by atoms with Gasteiger partial charge in [-0.05, 0) is 201 Å². The fourth-order valence-electron chi connectivity index (χ4n) is 14.1. The number of para-hydroxylation sites is 6. The largest absolute Gasteiger partial charge is 0.494 e. The number of nitrogens with zero attached hydrogens (tertiary/aromatic N) is 3. The molecule has 452 valence electrons. The molecule has 5 aromatic heterocycles. The minimum Gasteiger partial charge on any atom is -0.399 e. The van der Waals surface area contributed by atoms with Gasteiger partial charge in [0.15, 0.2) is 0 Å². The summed E-state index contributed by atoms with van der Waals surface area (Å²) in [5.41, 5.74) is 20.6. The third-order valence-corrected chi connectivity index (χ3v) is 20.4. The summed E-state index contributed by atoms with van der Waals surface area (Å²) in [6.45, 7) is 8.36. The number of rotatable bonds is 6. The number of nitrogens with one attached hydrogen (secondary N) is 2. The van der Waals surface area contributed by atoms with E-state index in [0.29, 0.717) is 0 Å². The van der Waals surface area contributed by atoms with Crippen molar-refractivity contribution in [3.63, 3.8) is 0 Å². The number of aromatic amines is 2. The molecule has 10 heteroatoms. The average Bonchev–Trinajstić information content (AvgIpc) is 1.61. The normalized spacial score (nSPS) is 13.7. The second kappa shape index (κ2) is 22.8. The van der Waals surface area contributed by atoms with Gasteiger partial charge in [-0.1, -0.05) is 177 Å². The van der Waals surface area contributed by atoms with Crippen LogP contribution in [0.1, 0.15) is 27.7 Å². The molecule has 0 unspecified atom stereocenters. The zero-order chi connectivity index (χ0) is 63.4. The van der Waals surface area contributed by atoms with E-state index in [0.717, 1.165) is 31.1 Å². The second-order valence-corrected chi connectivity index (χ2v) is 27.4. The van der Waals surface area contributed by atoms with Crippen LogP contribution in [0, 0.1) is 0 Å². The Bertz CT molecular complexity index is 5700. The van der Waals surface area contributed by atoms with Crippen molar-refractivity contribution in [2.75, 3.05) is 0 Å². The highest BCUT2D eigenvalue weighted by atomic mass is 79.9. The monoisotopic (exact) mass is 1340 g/mol. The van der Waals surface area contributed by atoms with E-state index in [1.54, 1.807) is 0 Å². The molecule has 0 amide bonds. The van der Waals surface area contributed by atoms with Crippen LogP contribution in [0.3, 0.4) is 0 Å². The topological polar surface area (TPSA) is 64.8 Å². The minimum atomic E-state index is -0.353. The van der Waals surface area contributed by atoms with Gasteiger partial charge in [0.1, 0.15) is 0 Å². The molecule has 94 heavy (non-hydrogen) atoms. The Hall–Kier alpha value is -10.2. The van der Waals surface area contributed by atoms with Gasteiger partial charge >= 0.3 is 7.12 Å². The van der Waals surface area contributed by atoms with Gasteiger partial charge in [-0.2, -0.15) is 0 Å². The van der Waals surface area contributed by atoms with Gasteiger partial charge in [-0.15, -0.1) is 0 Å². The van der Waals surface area contributed by atoms with E-state index in [-0.39, 0.29) is 18.3 Å². The molecule has 6 heterocycles. The van der Waals surface area contributed by atoms with E-state index >= 15 is 0 Å². The van der Waals surface area contributed by atoms with Gasteiger partial charge in [0, 0.05) is 102 Å². The maximum absolute atomic E-state index is 6.27. The minimum absolute atomic E-state index is 0.343. The van der Waals surface area contributed by atoms with Crippen LogP contribution in [0.2, 0.25) is 0 Å². The molecule has 1 saturated heterocycles. The zero-order valence-corrected chi connectivity index (χ0v) is 55.4. The van der Waals surface area contributed by atoms with Crippen LogP contribution in [0.25, 0.3) is 148 Å². The highest BCUT2D eigenvalue weighted by Gasteiger charge is 2.51. The number of halogens is 2. The predicted molar refractivity (Wildman–Crippen MR) is 403 cm³/mol. The number of H-pyrrole nitrogens is 2. The van der Waals surface area contributed by atoms with E-state index in [4.69, 9.17) is 9.31 Å². The molecule has 1 fully saturated rings. The fourth-order valence-corrected chi connectivity index (χ4v) is 14.8. The Kier molecular flexibility index (Phi) is 14.0. The number of benzene rings is 13. The van der Waals surface area contributed by atoms with Crippen molar-refractivity contribution < 1.29 is 9.31 Å². The molecule has 13 aromatic carbocycles. The quantitative estimate of drug-likeness (QED) is 0.163. The summed E-state index contributed by atoms with van der Waals surface area (Å²) in [5, 5.41) is 12.5. The van der Waals surface area contributed by atoms with E-state index in [1.165, 1.54) is 132 Å². The molecule has 0 atom stereocenters. The number of aromatic nitrogens is 5. The third kappa shape index (κ3) is 9.86. The smallest absolute Gasteiger partial charge is 0.399 e. The summed E-state index contributed by atoms with van der Waals surface area (Å²) in [4.78, 5) is 7.07. The molecular formula is C84H62BBr2N5O2. The van der Waals surface area contributed by atoms with Gasteiger partial charge in [-0.25, -0.2) is 0 Å². The first-order valence-electron chi connectivity index (χ1n) is 31.9. The lowest BCUT2D eigenvalue weighted by molar-refractivity contribution is 0.00578. The van der Waals surface area contributed by atoms with E-state index in [2.05, 4.69) is 356 Å². The molecule has 0 radical (unpaired) electrons. The van der Waals surface area contributed by atoms with Crippen LogP contribution in [-0.2, 0) is 9.31 Å². The Balaban J connectivity index is 0.000000129. The molecular weight excluding hydrogens is 1280 g/mol. The van der Waals surface area contributed by atoms with Crippen LogP contribution in [0.5, 0.6) is 0 Å². The van der Waals surface area contributed by atoms with Crippen molar-refractivity contribution in [2.45, 2.75) is 38.9 Å². The van der Waals surface area contributed by atoms with Crippen molar-refractivity contribution in [3.05, 3.63) is 300 Å². The first kappa shape index (κ1) is 57.7. The summed E-state index contributed by atoms with van der Waals surface area (Å²) < 4.78 is 21.8. The first-order chi connectivity index (χ1) is 45.9. The summed E-state index contributed by atoms with van der Waals surface area (Å²) in [6.07, 6.45) is 0. The van der Waals surface area contributed by atoms with E-state index in [1.807, 2.05) is 18.2 Å². The van der Waals surface area contributed by atoms with Gasteiger partial charge in [0.25, 0.3) is 0 Å². The summed E-state index contributed by atoms with van der Waals surface area (Å²) in [7, 11) is -0.353. The molecule has 18 aromatic rings. The number of hydrogen-bond donors (Lipinski definition) is 2. The van der Waals surface area contributed by atoms with Crippen LogP contribution in [-0.4, -0.2) is 42.0 Å². The maximum atomic E-state index is 6.27. The second-order valence-electron chi connectivity index (χ2n) is 25.5. The molecule has 0 spiro atoms. The molecule has 0 aliphatic carbocycles. The highest BCUT2D eigenvalue weighted by Crippen LogP contribution is 2.42. The van der Waals surface area contributed by atoms with Gasteiger partial charge in [-0.3, -0.25) is 0 Å². The number of fused-ring (bicyclic) bond motifs is 15. The van der Waals surface area contributed by atoms with Crippen LogP contribution >= 0.6 is 31.9 Å². The van der Waals surface area contributed by atoms with E-state index < -0.39 is 0 Å². The molecule has 1 aliphatic rings. The van der Waals surface area contributed by atoms with Crippen molar-refractivity contribution in [2.24, 2.45) is 0 Å². The Morgan fingerprint density at radius 3 is 0.947 bits per heavy atom. The molecule has 0 saturated carbocycles. The van der Waals surface area contributed by atoms with E-state index in [9.17, 15) is 0 Å². The Labute approximate surface area is 560 Å². The van der Waals surface area contributed by atoms with Gasteiger partial charge in [0.2, 0.25) is 0 Å². The molecule has 7 nitrogen and oxygen atoms in total. The lowest BCUT2D eigenvalue weighted by atomic mass is 9.78. The van der Waals surface area contributed by atoms with Crippen LogP contribution < -0.4 is 5.46 Å². The summed E-state index contributed by atoms with van der Waals surface area (Å²) in [6, 6.07) is 104. The third-order valence-electron chi connectivity index (χ3n) is 19.4.